The van der Waals surface area contributed by atoms with E-state index in [2.05, 4.69) is 10.6 Å². The standard InChI is InChI=1S/C25H19N3O2/c26-16-8-10-17(11-9-16)27-18-12-14-19(15-13-18)28-21-5-3-7-23-24(21)25(29)20-4-1-2-6-22(20)30-23/h1-15,27-28H,26H2. The Kier molecular flexibility index (Phi) is 4.33. The van der Waals surface area contributed by atoms with Gasteiger partial charge in [0.25, 0.3) is 0 Å². The Morgan fingerprint density at radius 3 is 1.97 bits per heavy atom. The van der Waals surface area contributed by atoms with E-state index >= 15 is 0 Å². The highest BCUT2D eigenvalue weighted by molar-refractivity contribution is 5.98. The molecule has 5 aromatic rings. The lowest BCUT2D eigenvalue weighted by molar-refractivity contribution is 0.660. The molecule has 4 aromatic carbocycles. The van der Waals surface area contributed by atoms with E-state index in [9.17, 15) is 4.79 Å². The van der Waals surface area contributed by atoms with Crippen LogP contribution in [0.4, 0.5) is 28.4 Å². The average molecular weight is 393 g/mol. The van der Waals surface area contributed by atoms with Crippen LogP contribution in [0.25, 0.3) is 21.9 Å². The predicted octanol–water partition coefficient (Wildman–Crippen LogP) is 6.02. The van der Waals surface area contributed by atoms with Crippen molar-refractivity contribution in [1.82, 2.24) is 0 Å². The number of hydrogen-bond acceptors (Lipinski definition) is 5. The van der Waals surface area contributed by atoms with Crippen molar-refractivity contribution in [1.29, 1.82) is 0 Å². The lowest BCUT2D eigenvalue weighted by Crippen LogP contribution is -2.05. The Bertz CT molecular complexity index is 1410. The molecule has 0 fully saturated rings. The predicted molar refractivity (Wildman–Crippen MR) is 124 cm³/mol. The molecule has 1 aromatic heterocycles. The zero-order chi connectivity index (χ0) is 20.5. The van der Waals surface area contributed by atoms with Crippen molar-refractivity contribution in [2.45, 2.75) is 0 Å². The Hall–Kier alpha value is -4.25. The summed E-state index contributed by atoms with van der Waals surface area (Å²) < 4.78 is 5.94. The fourth-order valence-corrected chi connectivity index (χ4v) is 3.48. The lowest BCUT2D eigenvalue weighted by atomic mass is 10.1. The van der Waals surface area contributed by atoms with Crippen LogP contribution in [0.3, 0.4) is 0 Å². The Labute approximate surface area is 172 Å². The van der Waals surface area contributed by atoms with E-state index in [1.54, 1.807) is 6.07 Å². The Balaban J connectivity index is 1.46. The van der Waals surface area contributed by atoms with Gasteiger partial charge in [-0.15, -0.1) is 0 Å². The van der Waals surface area contributed by atoms with E-state index in [0.29, 0.717) is 27.6 Å². The number of fused-ring (bicyclic) bond motifs is 2. The third-order valence-electron chi connectivity index (χ3n) is 4.97. The molecule has 5 heteroatoms. The minimum Gasteiger partial charge on any atom is -0.456 e. The summed E-state index contributed by atoms with van der Waals surface area (Å²) in [5.74, 6) is 0. The van der Waals surface area contributed by atoms with Crippen molar-refractivity contribution < 1.29 is 4.42 Å². The van der Waals surface area contributed by atoms with Gasteiger partial charge in [0.1, 0.15) is 11.2 Å². The van der Waals surface area contributed by atoms with Crippen LogP contribution in [-0.2, 0) is 0 Å². The van der Waals surface area contributed by atoms with Crippen molar-refractivity contribution in [3.63, 3.8) is 0 Å². The van der Waals surface area contributed by atoms with E-state index in [4.69, 9.17) is 10.2 Å². The quantitative estimate of drug-likeness (QED) is 0.257. The van der Waals surface area contributed by atoms with E-state index in [-0.39, 0.29) is 5.43 Å². The van der Waals surface area contributed by atoms with Gasteiger partial charge in [0.15, 0.2) is 0 Å². The molecule has 146 valence electrons. The molecule has 5 rings (SSSR count). The fourth-order valence-electron chi connectivity index (χ4n) is 3.48. The maximum Gasteiger partial charge on any atom is 0.202 e. The number of anilines is 5. The number of nitrogen functional groups attached to an aromatic ring is 1. The highest BCUT2D eigenvalue weighted by Gasteiger charge is 2.11. The van der Waals surface area contributed by atoms with Gasteiger partial charge < -0.3 is 20.8 Å². The Morgan fingerprint density at radius 1 is 0.633 bits per heavy atom. The van der Waals surface area contributed by atoms with Crippen LogP contribution in [-0.4, -0.2) is 0 Å². The third kappa shape index (κ3) is 3.33. The minimum absolute atomic E-state index is 0.0448. The third-order valence-corrected chi connectivity index (χ3v) is 4.97. The van der Waals surface area contributed by atoms with Crippen LogP contribution in [0.2, 0.25) is 0 Å². The summed E-state index contributed by atoms with van der Waals surface area (Å²) in [6.07, 6.45) is 0. The first-order valence-electron chi connectivity index (χ1n) is 9.62. The first kappa shape index (κ1) is 17.8. The first-order valence-corrected chi connectivity index (χ1v) is 9.62. The number of para-hydroxylation sites is 1. The number of nitrogens with two attached hydrogens (primary N) is 1. The van der Waals surface area contributed by atoms with Crippen molar-refractivity contribution in [3.05, 3.63) is 101 Å². The molecule has 0 radical (unpaired) electrons. The topological polar surface area (TPSA) is 80.3 Å². The molecule has 0 saturated carbocycles. The van der Waals surface area contributed by atoms with Crippen LogP contribution in [0.5, 0.6) is 0 Å². The van der Waals surface area contributed by atoms with Crippen molar-refractivity contribution in [2.24, 2.45) is 0 Å². The lowest BCUT2D eigenvalue weighted by Gasteiger charge is -2.11. The van der Waals surface area contributed by atoms with Gasteiger partial charge in [-0.3, -0.25) is 4.79 Å². The summed E-state index contributed by atoms with van der Waals surface area (Å²) in [5, 5.41) is 7.79. The van der Waals surface area contributed by atoms with Crippen molar-refractivity contribution in [3.8, 4) is 0 Å². The Morgan fingerprint density at radius 2 is 1.23 bits per heavy atom. The summed E-state index contributed by atoms with van der Waals surface area (Å²) >= 11 is 0. The van der Waals surface area contributed by atoms with E-state index < -0.39 is 0 Å². The molecule has 1 heterocycles. The van der Waals surface area contributed by atoms with Gasteiger partial charge >= 0.3 is 0 Å². The number of hydrogen-bond donors (Lipinski definition) is 3. The normalized spacial score (nSPS) is 10.9. The summed E-state index contributed by atoms with van der Waals surface area (Å²) in [4.78, 5) is 13.1. The molecule has 0 aliphatic rings. The number of nitrogens with one attached hydrogen (secondary N) is 2. The van der Waals surface area contributed by atoms with Gasteiger partial charge in [-0.2, -0.15) is 0 Å². The molecule has 0 bridgehead atoms. The SMILES string of the molecule is Nc1ccc(Nc2ccc(Nc3cccc4oc5ccccc5c(=O)c34)cc2)cc1. The van der Waals surface area contributed by atoms with Gasteiger partial charge in [-0.1, -0.05) is 18.2 Å². The highest BCUT2D eigenvalue weighted by Crippen LogP contribution is 2.28. The maximum absolute atomic E-state index is 13.1. The zero-order valence-electron chi connectivity index (χ0n) is 16.1. The number of benzene rings is 4. The van der Waals surface area contributed by atoms with Crippen molar-refractivity contribution in [2.75, 3.05) is 16.4 Å². The first-order chi connectivity index (χ1) is 14.7. The fraction of sp³-hybridized carbons (Fsp3) is 0. The maximum atomic E-state index is 13.1. The van der Waals surface area contributed by atoms with Crippen LogP contribution in [0.1, 0.15) is 0 Å². The molecule has 0 unspecified atom stereocenters. The molecule has 30 heavy (non-hydrogen) atoms. The monoisotopic (exact) mass is 393 g/mol. The van der Waals surface area contributed by atoms with Gasteiger partial charge in [0, 0.05) is 22.7 Å². The highest BCUT2D eigenvalue weighted by atomic mass is 16.3. The summed E-state index contributed by atoms with van der Waals surface area (Å²) in [6, 6.07) is 28.3. The second-order valence-electron chi connectivity index (χ2n) is 7.06. The largest absolute Gasteiger partial charge is 0.456 e. The second kappa shape index (κ2) is 7.29. The van der Waals surface area contributed by atoms with Gasteiger partial charge in [-0.25, -0.2) is 0 Å². The molecule has 4 N–H and O–H groups in total. The second-order valence-corrected chi connectivity index (χ2v) is 7.06. The summed E-state index contributed by atoms with van der Waals surface area (Å²) in [6.45, 7) is 0. The molecule has 0 spiro atoms. The minimum atomic E-state index is -0.0448. The van der Waals surface area contributed by atoms with Crippen LogP contribution in [0, 0.1) is 0 Å². The van der Waals surface area contributed by atoms with E-state index in [1.165, 1.54) is 0 Å². The van der Waals surface area contributed by atoms with E-state index in [1.807, 2.05) is 84.9 Å². The van der Waals surface area contributed by atoms with Crippen LogP contribution < -0.4 is 21.8 Å². The van der Waals surface area contributed by atoms with Crippen molar-refractivity contribution >= 4 is 50.4 Å². The van der Waals surface area contributed by atoms with E-state index in [0.717, 1.165) is 22.7 Å². The van der Waals surface area contributed by atoms with Gasteiger partial charge in [-0.05, 0) is 72.8 Å². The molecular weight excluding hydrogens is 374 g/mol. The smallest absolute Gasteiger partial charge is 0.202 e. The number of rotatable bonds is 4. The van der Waals surface area contributed by atoms with Crippen LogP contribution in [0.15, 0.2) is 100 Å². The molecule has 0 aliphatic carbocycles. The van der Waals surface area contributed by atoms with Gasteiger partial charge in [0.05, 0.1) is 16.5 Å². The molecule has 0 saturated heterocycles. The average Bonchev–Trinajstić information content (AvgIpc) is 2.77. The zero-order valence-corrected chi connectivity index (χ0v) is 16.1. The van der Waals surface area contributed by atoms with Crippen LogP contribution >= 0.6 is 0 Å². The molecule has 5 nitrogen and oxygen atoms in total. The summed E-state index contributed by atoms with van der Waals surface area (Å²) in [5.41, 5.74) is 11.1. The molecular formula is C25H19N3O2. The molecule has 0 atom stereocenters. The molecule has 0 aliphatic heterocycles. The van der Waals surface area contributed by atoms with Gasteiger partial charge in [0.2, 0.25) is 5.43 Å². The molecule has 0 amide bonds. The summed E-state index contributed by atoms with van der Waals surface area (Å²) in [7, 11) is 0.